The molecular formula is C13H19ClO4S. The first-order chi connectivity index (χ1) is 8.86. The summed E-state index contributed by atoms with van der Waals surface area (Å²) in [4.78, 5) is 0.107. The van der Waals surface area contributed by atoms with Crippen LogP contribution < -0.4 is 4.74 Å². The summed E-state index contributed by atoms with van der Waals surface area (Å²) in [6.45, 7) is 4.91. The Labute approximate surface area is 119 Å². The maximum absolute atomic E-state index is 11.3. The Morgan fingerprint density at radius 2 is 1.63 bits per heavy atom. The van der Waals surface area contributed by atoms with Crippen LogP contribution in [0, 0.1) is 13.8 Å². The molecule has 0 saturated heterocycles. The third kappa shape index (κ3) is 5.01. The van der Waals surface area contributed by atoms with Gasteiger partial charge in [-0.2, -0.15) is 0 Å². The van der Waals surface area contributed by atoms with Gasteiger partial charge in [0.05, 0.1) is 11.5 Å². The van der Waals surface area contributed by atoms with E-state index in [1.807, 2.05) is 13.8 Å². The van der Waals surface area contributed by atoms with Gasteiger partial charge in [-0.25, -0.2) is 8.42 Å². The fourth-order valence-corrected chi connectivity index (χ4v) is 2.70. The highest BCUT2D eigenvalue weighted by Crippen LogP contribution is 2.28. The van der Waals surface area contributed by atoms with Crippen LogP contribution in [0.4, 0.5) is 0 Å². The van der Waals surface area contributed by atoms with E-state index in [1.165, 1.54) is 12.1 Å². The molecule has 0 aromatic heterocycles. The summed E-state index contributed by atoms with van der Waals surface area (Å²) in [7, 11) is 3.30. The minimum Gasteiger partial charge on any atom is -0.493 e. The van der Waals surface area contributed by atoms with E-state index < -0.39 is 9.05 Å². The SMILES string of the molecule is COCCCCOc1c(C)cc(S(=O)(=O)Cl)cc1C. The standard InChI is InChI=1S/C13H19ClO4S/c1-10-8-12(19(14,15)16)9-11(2)13(10)18-7-5-4-6-17-3/h8-9H,4-7H2,1-3H3. The minimum absolute atomic E-state index is 0.107. The fraction of sp³-hybridized carbons (Fsp3) is 0.538. The smallest absolute Gasteiger partial charge is 0.261 e. The molecule has 0 amide bonds. The lowest BCUT2D eigenvalue weighted by Gasteiger charge is -2.13. The molecule has 19 heavy (non-hydrogen) atoms. The molecule has 4 nitrogen and oxygen atoms in total. The number of hydrogen-bond acceptors (Lipinski definition) is 4. The van der Waals surface area contributed by atoms with Gasteiger partial charge < -0.3 is 9.47 Å². The van der Waals surface area contributed by atoms with Crippen molar-refractivity contribution in [3.05, 3.63) is 23.3 Å². The molecule has 1 rings (SSSR count). The van der Waals surface area contributed by atoms with Crippen molar-refractivity contribution in [2.45, 2.75) is 31.6 Å². The molecule has 0 radical (unpaired) electrons. The maximum Gasteiger partial charge on any atom is 0.261 e. The zero-order valence-electron chi connectivity index (χ0n) is 11.4. The Balaban J connectivity index is 2.75. The zero-order valence-corrected chi connectivity index (χ0v) is 13.0. The number of halogens is 1. The highest BCUT2D eigenvalue weighted by atomic mass is 35.7. The maximum atomic E-state index is 11.3. The van der Waals surface area contributed by atoms with Gasteiger partial charge in [0.2, 0.25) is 0 Å². The number of methoxy groups -OCH3 is 1. The fourth-order valence-electron chi connectivity index (χ4n) is 1.80. The van der Waals surface area contributed by atoms with Gasteiger partial charge in [-0.05, 0) is 49.9 Å². The summed E-state index contributed by atoms with van der Waals surface area (Å²) >= 11 is 0. The summed E-state index contributed by atoms with van der Waals surface area (Å²) in [5.41, 5.74) is 1.54. The molecule has 0 aliphatic heterocycles. The Hall–Kier alpha value is -0.780. The second-order valence-electron chi connectivity index (χ2n) is 4.37. The monoisotopic (exact) mass is 306 g/mol. The lowest BCUT2D eigenvalue weighted by Crippen LogP contribution is -2.03. The van der Waals surface area contributed by atoms with E-state index in [1.54, 1.807) is 7.11 Å². The summed E-state index contributed by atoms with van der Waals surface area (Å²) < 4.78 is 33.2. The Kier molecular flexibility index (Phi) is 6.10. The number of ether oxygens (including phenoxy) is 2. The number of hydrogen-bond donors (Lipinski definition) is 0. The molecule has 1 aromatic rings. The van der Waals surface area contributed by atoms with Crippen molar-refractivity contribution in [1.82, 2.24) is 0 Å². The van der Waals surface area contributed by atoms with E-state index in [-0.39, 0.29) is 4.90 Å². The van der Waals surface area contributed by atoms with Crippen LogP contribution in [0.5, 0.6) is 5.75 Å². The first kappa shape index (κ1) is 16.3. The number of benzene rings is 1. The van der Waals surface area contributed by atoms with E-state index in [2.05, 4.69) is 0 Å². The van der Waals surface area contributed by atoms with Crippen molar-refractivity contribution in [2.24, 2.45) is 0 Å². The molecule has 0 spiro atoms. The molecule has 1 aromatic carbocycles. The van der Waals surface area contributed by atoms with Gasteiger partial charge >= 0.3 is 0 Å². The van der Waals surface area contributed by atoms with Crippen molar-refractivity contribution in [1.29, 1.82) is 0 Å². The van der Waals surface area contributed by atoms with Crippen LogP contribution in [0.3, 0.4) is 0 Å². The molecule has 0 heterocycles. The van der Waals surface area contributed by atoms with Crippen molar-refractivity contribution in [2.75, 3.05) is 20.3 Å². The lowest BCUT2D eigenvalue weighted by atomic mass is 10.1. The summed E-state index contributed by atoms with van der Waals surface area (Å²) in [5, 5.41) is 0. The van der Waals surface area contributed by atoms with E-state index >= 15 is 0 Å². The zero-order chi connectivity index (χ0) is 14.5. The Bertz CT molecular complexity index is 502. The molecule has 0 aliphatic carbocycles. The molecule has 0 unspecified atom stereocenters. The van der Waals surface area contributed by atoms with Crippen LogP contribution in [0.1, 0.15) is 24.0 Å². The Morgan fingerprint density at radius 3 is 2.11 bits per heavy atom. The van der Waals surface area contributed by atoms with Crippen LogP contribution in [0.15, 0.2) is 17.0 Å². The Morgan fingerprint density at radius 1 is 1.11 bits per heavy atom. The largest absolute Gasteiger partial charge is 0.493 e. The van der Waals surface area contributed by atoms with Gasteiger partial charge in [0.1, 0.15) is 5.75 Å². The molecule has 0 atom stereocenters. The van der Waals surface area contributed by atoms with Gasteiger partial charge in [0, 0.05) is 24.4 Å². The van der Waals surface area contributed by atoms with Gasteiger partial charge in [0.25, 0.3) is 9.05 Å². The van der Waals surface area contributed by atoms with Gasteiger partial charge in [-0.3, -0.25) is 0 Å². The van der Waals surface area contributed by atoms with Crippen molar-refractivity contribution in [3.63, 3.8) is 0 Å². The number of rotatable bonds is 7. The predicted molar refractivity (Wildman–Crippen MR) is 75.6 cm³/mol. The molecule has 0 bridgehead atoms. The van der Waals surface area contributed by atoms with Crippen LogP contribution in [-0.4, -0.2) is 28.7 Å². The van der Waals surface area contributed by atoms with Gasteiger partial charge in [0.15, 0.2) is 0 Å². The first-order valence-corrected chi connectivity index (χ1v) is 8.35. The highest BCUT2D eigenvalue weighted by molar-refractivity contribution is 8.13. The molecule has 0 saturated carbocycles. The topological polar surface area (TPSA) is 52.6 Å². The average molecular weight is 307 g/mol. The van der Waals surface area contributed by atoms with Crippen molar-refractivity contribution >= 4 is 19.7 Å². The average Bonchev–Trinajstić information content (AvgIpc) is 2.30. The van der Waals surface area contributed by atoms with Gasteiger partial charge in [-0.1, -0.05) is 0 Å². The van der Waals surface area contributed by atoms with E-state index in [4.69, 9.17) is 20.2 Å². The quantitative estimate of drug-likeness (QED) is 0.574. The molecule has 6 heteroatoms. The summed E-state index contributed by atoms with van der Waals surface area (Å²) in [5.74, 6) is 0.724. The normalized spacial score (nSPS) is 11.6. The van der Waals surface area contributed by atoms with E-state index in [0.29, 0.717) is 13.2 Å². The number of unbranched alkanes of at least 4 members (excludes halogenated alkanes) is 1. The molecule has 108 valence electrons. The van der Waals surface area contributed by atoms with Crippen LogP contribution in [0.25, 0.3) is 0 Å². The van der Waals surface area contributed by atoms with Gasteiger partial charge in [-0.15, -0.1) is 0 Å². The predicted octanol–water partition coefficient (Wildman–Crippen LogP) is 3.04. The van der Waals surface area contributed by atoms with Crippen LogP contribution >= 0.6 is 10.7 Å². The van der Waals surface area contributed by atoms with E-state index in [0.717, 1.165) is 29.7 Å². The first-order valence-electron chi connectivity index (χ1n) is 6.04. The second-order valence-corrected chi connectivity index (χ2v) is 6.94. The lowest BCUT2D eigenvalue weighted by molar-refractivity contribution is 0.184. The third-order valence-electron chi connectivity index (χ3n) is 2.70. The summed E-state index contributed by atoms with van der Waals surface area (Å²) in [6, 6.07) is 3.06. The molecular weight excluding hydrogens is 288 g/mol. The molecule has 0 aliphatic rings. The third-order valence-corrected chi connectivity index (χ3v) is 4.04. The molecule has 0 fully saturated rings. The number of aryl methyl sites for hydroxylation is 2. The van der Waals surface area contributed by atoms with Crippen LogP contribution in [-0.2, 0) is 13.8 Å². The second kappa shape index (κ2) is 7.12. The van der Waals surface area contributed by atoms with E-state index in [9.17, 15) is 8.42 Å². The minimum atomic E-state index is -3.70. The highest BCUT2D eigenvalue weighted by Gasteiger charge is 2.14. The van der Waals surface area contributed by atoms with Crippen molar-refractivity contribution < 1.29 is 17.9 Å². The van der Waals surface area contributed by atoms with Crippen LogP contribution in [0.2, 0.25) is 0 Å². The van der Waals surface area contributed by atoms with Crippen molar-refractivity contribution in [3.8, 4) is 5.75 Å². The summed E-state index contributed by atoms with van der Waals surface area (Å²) in [6.07, 6.45) is 1.82. The molecule has 0 N–H and O–H groups in total.